The van der Waals surface area contributed by atoms with Gasteiger partial charge < -0.3 is 14.6 Å². The number of pyridine rings is 1. The topological polar surface area (TPSA) is 68.7 Å². The monoisotopic (exact) mass is 331 g/mol. The number of fused-ring (bicyclic) bond motifs is 1. The Morgan fingerprint density at radius 3 is 2.54 bits per heavy atom. The maximum atomic E-state index is 13.8. The molecule has 0 aliphatic carbocycles. The number of hydrogen-bond acceptors (Lipinski definition) is 5. The lowest BCUT2D eigenvalue weighted by molar-refractivity contribution is 0.0591. The molecule has 3 aromatic rings. The molecule has 0 amide bonds. The molecule has 24 heavy (non-hydrogen) atoms. The van der Waals surface area contributed by atoms with Crippen LogP contribution in [0.2, 0.25) is 0 Å². The third kappa shape index (κ3) is 2.60. The first-order valence-corrected chi connectivity index (χ1v) is 6.83. The highest BCUT2D eigenvalue weighted by atomic mass is 19.2. The highest BCUT2D eigenvalue weighted by Gasteiger charge is 2.18. The second-order valence-corrected chi connectivity index (χ2v) is 4.82. The Balaban J connectivity index is 2.11. The fourth-order valence-electron chi connectivity index (χ4n) is 2.22. The summed E-state index contributed by atoms with van der Waals surface area (Å²) in [7, 11) is 1.17. The molecule has 0 atom stereocenters. The zero-order chi connectivity index (χ0) is 17.3. The van der Waals surface area contributed by atoms with Crippen LogP contribution in [0.25, 0.3) is 10.8 Å². The normalized spacial score (nSPS) is 10.6. The minimum atomic E-state index is -1.13. The van der Waals surface area contributed by atoms with E-state index >= 15 is 0 Å². The number of methoxy groups -OCH3 is 1. The van der Waals surface area contributed by atoms with Crippen molar-refractivity contribution in [2.75, 3.05) is 7.11 Å². The highest BCUT2D eigenvalue weighted by Crippen LogP contribution is 2.36. The standard InChI is InChI=1S/C17H11F2NO4/c1-23-17(22)15-16(21)9-4-2-6-12(10(9)8-20-15)24-13-7-3-5-11(18)14(13)19/h2-8,21H,1H3. The van der Waals surface area contributed by atoms with Gasteiger partial charge in [0.15, 0.2) is 23.0 Å². The zero-order valence-electron chi connectivity index (χ0n) is 12.4. The van der Waals surface area contributed by atoms with E-state index in [0.717, 1.165) is 6.07 Å². The average molecular weight is 331 g/mol. The summed E-state index contributed by atoms with van der Waals surface area (Å²) in [6.45, 7) is 0. The van der Waals surface area contributed by atoms with Crippen LogP contribution in [0, 0.1) is 11.6 Å². The largest absolute Gasteiger partial charge is 0.505 e. The molecule has 0 spiro atoms. The van der Waals surface area contributed by atoms with Crippen LogP contribution in [-0.4, -0.2) is 23.2 Å². The molecule has 1 heterocycles. The van der Waals surface area contributed by atoms with E-state index in [1.165, 1.54) is 43.6 Å². The van der Waals surface area contributed by atoms with Crippen molar-refractivity contribution in [2.45, 2.75) is 0 Å². The highest BCUT2D eigenvalue weighted by molar-refractivity contribution is 6.00. The van der Waals surface area contributed by atoms with Crippen LogP contribution in [0.1, 0.15) is 10.5 Å². The molecular formula is C17H11F2NO4. The molecule has 3 rings (SSSR count). The minimum Gasteiger partial charge on any atom is -0.505 e. The first-order valence-electron chi connectivity index (χ1n) is 6.83. The molecule has 1 aromatic heterocycles. The summed E-state index contributed by atoms with van der Waals surface area (Å²) in [5.74, 6) is -3.50. The third-order valence-corrected chi connectivity index (χ3v) is 3.38. The number of esters is 1. The van der Waals surface area contributed by atoms with Gasteiger partial charge in [-0.3, -0.25) is 0 Å². The van der Waals surface area contributed by atoms with Gasteiger partial charge in [0, 0.05) is 17.0 Å². The lowest BCUT2D eigenvalue weighted by atomic mass is 10.1. The van der Waals surface area contributed by atoms with E-state index in [1.54, 1.807) is 0 Å². The number of ether oxygens (including phenoxy) is 2. The van der Waals surface area contributed by atoms with Gasteiger partial charge in [-0.05, 0) is 18.2 Å². The number of carbonyl (C=O) groups excluding carboxylic acids is 1. The summed E-state index contributed by atoms with van der Waals surface area (Å²) in [5, 5.41) is 10.8. The summed E-state index contributed by atoms with van der Waals surface area (Å²) in [6, 6.07) is 8.13. The summed E-state index contributed by atoms with van der Waals surface area (Å²) < 4.78 is 37.0. The van der Waals surface area contributed by atoms with Crippen molar-refractivity contribution in [3.8, 4) is 17.2 Å². The Hall–Kier alpha value is -3.22. The number of aromatic hydroxyl groups is 1. The van der Waals surface area contributed by atoms with Crippen molar-refractivity contribution >= 4 is 16.7 Å². The number of rotatable bonds is 3. The van der Waals surface area contributed by atoms with Gasteiger partial charge in [0.25, 0.3) is 0 Å². The molecule has 7 heteroatoms. The van der Waals surface area contributed by atoms with E-state index in [4.69, 9.17) is 4.74 Å². The molecule has 1 N–H and O–H groups in total. The predicted molar refractivity (Wildman–Crippen MR) is 81.2 cm³/mol. The van der Waals surface area contributed by atoms with Crippen LogP contribution in [0.15, 0.2) is 42.6 Å². The SMILES string of the molecule is COC(=O)c1ncc2c(Oc3cccc(F)c3F)cccc2c1O. The van der Waals surface area contributed by atoms with Crippen LogP contribution in [-0.2, 0) is 4.74 Å². The molecule has 0 unspecified atom stereocenters. The Morgan fingerprint density at radius 1 is 1.08 bits per heavy atom. The molecule has 122 valence electrons. The van der Waals surface area contributed by atoms with Gasteiger partial charge >= 0.3 is 5.97 Å². The van der Waals surface area contributed by atoms with Gasteiger partial charge in [0.1, 0.15) is 5.75 Å². The van der Waals surface area contributed by atoms with Gasteiger partial charge in [-0.1, -0.05) is 18.2 Å². The lowest BCUT2D eigenvalue weighted by Crippen LogP contribution is -2.04. The zero-order valence-corrected chi connectivity index (χ0v) is 12.4. The predicted octanol–water partition coefficient (Wildman–Crippen LogP) is 3.80. The fourth-order valence-corrected chi connectivity index (χ4v) is 2.22. The van der Waals surface area contributed by atoms with Gasteiger partial charge in [-0.2, -0.15) is 4.39 Å². The van der Waals surface area contributed by atoms with Crippen LogP contribution < -0.4 is 4.74 Å². The number of aromatic nitrogens is 1. The number of carbonyl (C=O) groups is 1. The van der Waals surface area contributed by atoms with E-state index in [0.29, 0.717) is 5.39 Å². The van der Waals surface area contributed by atoms with E-state index in [-0.39, 0.29) is 28.3 Å². The lowest BCUT2D eigenvalue weighted by Gasteiger charge is -2.11. The van der Waals surface area contributed by atoms with Crippen molar-refractivity contribution < 1.29 is 28.2 Å². The summed E-state index contributed by atoms with van der Waals surface area (Å²) >= 11 is 0. The van der Waals surface area contributed by atoms with Crippen molar-refractivity contribution in [1.82, 2.24) is 4.98 Å². The van der Waals surface area contributed by atoms with Crippen LogP contribution >= 0.6 is 0 Å². The number of halogens is 2. The van der Waals surface area contributed by atoms with E-state index < -0.39 is 17.6 Å². The molecule has 2 aromatic carbocycles. The first-order chi connectivity index (χ1) is 11.5. The van der Waals surface area contributed by atoms with E-state index in [1.807, 2.05) is 0 Å². The summed E-state index contributed by atoms with van der Waals surface area (Å²) in [4.78, 5) is 15.4. The second kappa shape index (κ2) is 6.11. The number of hydrogen-bond donors (Lipinski definition) is 1. The molecule has 5 nitrogen and oxygen atoms in total. The minimum absolute atomic E-state index is 0.149. The molecule has 0 bridgehead atoms. The maximum absolute atomic E-state index is 13.8. The Kier molecular flexibility index (Phi) is 3.99. The van der Waals surface area contributed by atoms with Crippen molar-refractivity contribution in [2.24, 2.45) is 0 Å². The number of benzene rings is 2. The molecule has 0 saturated heterocycles. The van der Waals surface area contributed by atoms with Crippen LogP contribution in [0.3, 0.4) is 0 Å². The first kappa shape index (κ1) is 15.7. The van der Waals surface area contributed by atoms with Crippen molar-refractivity contribution in [3.05, 3.63) is 59.9 Å². The Labute approximate surface area is 135 Å². The molecular weight excluding hydrogens is 320 g/mol. The van der Waals surface area contributed by atoms with Gasteiger partial charge in [0.2, 0.25) is 5.82 Å². The van der Waals surface area contributed by atoms with Crippen molar-refractivity contribution in [3.63, 3.8) is 0 Å². The molecule has 0 aliphatic heterocycles. The van der Waals surface area contributed by atoms with Gasteiger partial charge in [-0.15, -0.1) is 0 Å². The molecule has 0 saturated carbocycles. The Morgan fingerprint density at radius 2 is 1.79 bits per heavy atom. The second-order valence-electron chi connectivity index (χ2n) is 4.82. The molecule has 0 fully saturated rings. The fraction of sp³-hybridized carbons (Fsp3) is 0.0588. The summed E-state index contributed by atoms with van der Waals surface area (Å²) in [6.07, 6.45) is 1.29. The van der Waals surface area contributed by atoms with Gasteiger partial charge in [0.05, 0.1) is 7.11 Å². The van der Waals surface area contributed by atoms with Crippen LogP contribution in [0.5, 0.6) is 17.2 Å². The maximum Gasteiger partial charge on any atom is 0.360 e. The van der Waals surface area contributed by atoms with E-state index in [2.05, 4.69) is 9.72 Å². The Bertz CT molecular complexity index is 943. The average Bonchev–Trinajstić information content (AvgIpc) is 2.59. The van der Waals surface area contributed by atoms with Gasteiger partial charge in [-0.25, -0.2) is 14.2 Å². The third-order valence-electron chi connectivity index (χ3n) is 3.38. The quantitative estimate of drug-likeness (QED) is 0.739. The van der Waals surface area contributed by atoms with E-state index in [9.17, 15) is 18.7 Å². The molecule has 0 radical (unpaired) electrons. The smallest absolute Gasteiger partial charge is 0.360 e. The number of nitrogens with zero attached hydrogens (tertiary/aromatic N) is 1. The summed E-state index contributed by atoms with van der Waals surface area (Å²) in [5.41, 5.74) is -0.251. The van der Waals surface area contributed by atoms with Crippen molar-refractivity contribution in [1.29, 1.82) is 0 Å². The molecule has 0 aliphatic rings. The van der Waals surface area contributed by atoms with Crippen LogP contribution in [0.4, 0.5) is 8.78 Å².